The third kappa shape index (κ3) is 3.01. The fourth-order valence-electron chi connectivity index (χ4n) is 3.50. The fraction of sp³-hybridized carbons (Fsp3) is 0.316. The van der Waals surface area contributed by atoms with Crippen molar-refractivity contribution < 1.29 is 9.53 Å². The zero-order valence-electron chi connectivity index (χ0n) is 14.4. The highest BCUT2D eigenvalue weighted by Gasteiger charge is 2.24. The van der Waals surface area contributed by atoms with Crippen molar-refractivity contribution in [2.75, 3.05) is 12.0 Å². The Bertz CT molecular complexity index is 950. The van der Waals surface area contributed by atoms with Crippen LogP contribution in [0.2, 0.25) is 5.02 Å². The van der Waals surface area contributed by atoms with E-state index in [1.165, 1.54) is 0 Å². The standard InChI is InChI=1S/C19H19ClN4O2/c1-26-19-9-8-18-21-16(11-24(18)22-19)13-6-7-15(20)17(10-13)23(12-25)14-4-2-3-5-14/h6-12,14H,2-5H2,1H3. The second-order valence-electron chi connectivity index (χ2n) is 6.42. The molecule has 4 rings (SSSR count). The van der Waals surface area contributed by atoms with Crippen LogP contribution in [0.4, 0.5) is 5.69 Å². The van der Waals surface area contributed by atoms with E-state index in [9.17, 15) is 4.79 Å². The number of carbonyl (C=O) groups excluding carboxylic acids is 1. The number of anilines is 1. The van der Waals surface area contributed by atoms with Gasteiger partial charge >= 0.3 is 0 Å². The van der Waals surface area contributed by atoms with Crippen molar-refractivity contribution in [2.24, 2.45) is 0 Å². The Labute approximate surface area is 156 Å². The van der Waals surface area contributed by atoms with E-state index in [1.807, 2.05) is 30.5 Å². The zero-order chi connectivity index (χ0) is 18.1. The molecule has 0 spiro atoms. The van der Waals surface area contributed by atoms with Crippen LogP contribution < -0.4 is 9.64 Å². The summed E-state index contributed by atoms with van der Waals surface area (Å²) < 4.78 is 6.83. The first-order chi connectivity index (χ1) is 12.7. The number of ether oxygens (including phenoxy) is 1. The molecule has 2 heterocycles. The number of hydrogen-bond donors (Lipinski definition) is 0. The van der Waals surface area contributed by atoms with Crippen LogP contribution >= 0.6 is 11.6 Å². The molecule has 134 valence electrons. The fourth-order valence-corrected chi connectivity index (χ4v) is 3.72. The Kier molecular flexibility index (Phi) is 4.51. The van der Waals surface area contributed by atoms with Crippen molar-refractivity contribution in [1.29, 1.82) is 0 Å². The molecule has 6 nitrogen and oxygen atoms in total. The van der Waals surface area contributed by atoms with Gasteiger partial charge in [-0.05, 0) is 31.0 Å². The molecule has 1 saturated carbocycles. The second kappa shape index (κ2) is 6.96. The van der Waals surface area contributed by atoms with Crippen LogP contribution in [-0.2, 0) is 4.79 Å². The lowest BCUT2D eigenvalue weighted by Crippen LogP contribution is -2.32. The van der Waals surface area contributed by atoms with Gasteiger partial charge in [0.25, 0.3) is 0 Å². The quantitative estimate of drug-likeness (QED) is 0.638. The van der Waals surface area contributed by atoms with E-state index in [0.29, 0.717) is 10.9 Å². The number of methoxy groups -OCH3 is 1. The number of aromatic nitrogens is 3. The molecular weight excluding hydrogens is 352 g/mol. The summed E-state index contributed by atoms with van der Waals surface area (Å²) >= 11 is 6.40. The Morgan fingerprint density at radius 3 is 2.81 bits per heavy atom. The van der Waals surface area contributed by atoms with Gasteiger partial charge in [0.15, 0.2) is 5.65 Å². The summed E-state index contributed by atoms with van der Waals surface area (Å²) in [5.41, 5.74) is 3.11. The number of carbonyl (C=O) groups is 1. The molecule has 1 aliphatic carbocycles. The van der Waals surface area contributed by atoms with E-state index < -0.39 is 0 Å². The molecule has 0 aliphatic heterocycles. The number of amides is 1. The first-order valence-corrected chi connectivity index (χ1v) is 9.01. The van der Waals surface area contributed by atoms with Crippen LogP contribution in [0.3, 0.4) is 0 Å². The molecule has 0 atom stereocenters. The summed E-state index contributed by atoms with van der Waals surface area (Å²) in [4.78, 5) is 18.1. The van der Waals surface area contributed by atoms with E-state index in [-0.39, 0.29) is 6.04 Å². The minimum atomic E-state index is 0.215. The molecule has 0 N–H and O–H groups in total. The van der Waals surface area contributed by atoms with Gasteiger partial charge in [-0.15, -0.1) is 5.10 Å². The van der Waals surface area contributed by atoms with E-state index >= 15 is 0 Å². The van der Waals surface area contributed by atoms with Gasteiger partial charge in [0, 0.05) is 17.7 Å². The van der Waals surface area contributed by atoms with E-state index in [2.05, 4.69) is 10.1 Å². The third-order valence-electron chi connectivity index (χ3n) is 4.86. The van der Waals surface area contributed by atoms with Crippen LogP contribution in [0.5, 0.6) is 5.88 Å². The molecule has 1 aliphatic rings. The van der Waals surface area contributed by atoms with Crippen LogP contribution in [-0.4, -0.2) is 34.2 Å². The van der Waals surface area contributed by atoms with Crippen LogP contribution in [0.15, 0.2) is 36.5 Å². The molecule has 0 unspecified atom stereocenters. The molecule has 26 heavy (non-hydrogen) atoms. The summed E-state index contributed by atoms with van der Waals surface area (Å²) in [5, 5.41) is 4.90. The van der Waals surface area contributed by atoms with Crippen molar-refractivity contribution in [3.8, 4) is 17.1 Å². The van der Waals surface area contributed by atoms with Crippen molar-refractivity contribution in [2.45, 2.75) is 31.7 Å². The van der Waals surface area contributed by atoms with E-state index in [4.69, 9.17) is 16.3 Å². The lowest BCUT2D eigenvalue weighted by molar-refractivity contribution is -0.107. The summed E-state index contributed by atoms with van der Waals surface area (Å²) in [6, 6.07) is 9.48. The zero-order valence-corrected chi connectivity index (χ0v) is 15.2. The molecule has 0 bridgehead atoms. The topological polar surface area (TPSA) is 59.7 Å². The second-order valence-corrected chi connectivity index (χ2v) is 6.83. The molecule has 1 aromatic carbocycles. The van der Waals surface area contributed by atoms with Crippen LogP contribution in [0.1, 0.15) is 25.7 Å². The molecule has 0 saturated heterocycles. The highest BCUT2D eigenvalue weighted by molar-refractivity contribution is 6.33. The van der Waals surface area contributed by atoms with Crippen molar-refractivity contribution >= 4 is 29.3 Å². The van der Waals surface area contributed by atoms with Crippen LogP contribution in [0.25, 0.3) is 16.9 Å². The average Bonchev–Trinajstić information content (AvgIpc) is 3.32. The van der Waals surface area contributed by atoms with Gasteiger partial charge in [-0.1, -0.05) is 30.5 Å². The maximum Gasteiger partial charge on any atom is 0.231 e. The van der Waals surface area contributed by atoms with Gasteiger partial charge < -0.3 is 9.64 Å². The lowest BCUT2D eigenvalue weighted by atomic mass is 10.1. The lowest BCUT2D eigenvalue weighted by Gasteiger charge is -2.26. The van der Waals surface area contributed by atoms with Gasteiger partial charge in [-0.3, -0.25) is 4.79 Å². The Balaban J connectivity index is 1.74. The number of hydrogen-bond acceptors (Lipinski definition) is 4. The number of benzene rings is 1. The molecule has 2 aromatic heterocycles. The highest BCUT2D eigenvalue weighted by Crippen LogP contribution is 2.35. The molecule has 0 radical (unpaired) electrons. The van der Waals surface area contributed by atoms with Gasteiger partial charge in [0.1, 0.15) is 0 Å². The largest absolute Gasteiger partial charge is 0.480 e. The van der Waals surface area contributed by atoms with Crippen molar-refractivity contribution in [1.82, 2.24) is 14.6 Å². The summed E-state index contributed by atoms with van der Waals surface area (Å²) in [6.07, 6.45) is 7.04. The number of nitrogens with zero attached hydrogens (tertiary/aromatic N) is 4. The normalized spacial score (nSPS) is 14.7. The Hall–Kier alpha value is -2.60. The first-order valence-electron chi connectivity index (χ1n) is 8.63. The van der Waals surface area contributed by atoms with Crippen molar-refractivity contribution in [3.63, 3.8) is 0 Å². The molecule has 3 aromatic rings. The number of halogens is 1. The highest BCUT2D eigenvalue weighted by atomic mass is 35.5. The summed E-state index contributed by atoms with van der Waals surface area (Å²) in [6.45, 7) is 0. The van der Waals surface area contributed by atoms with Crippen LogP contribution in [0, 0.1) is 0 Å². The maximum atomic E-state index is 11.7. The summed E-state index contributed by atoms with van der Waals surface area (Å²) in [7, 11) is 1.58. The number of fused-ring (bicyclic) bond motifs is 1. The molecule has 1 fully saturated rings. The maximum absolute atomic E-state index is 11.7. The van der Waals surface area contributed by atoms with Gasteiger partial charge in [0.2, 0.25) is 12.3 Å². The van der Waals surface area contributed by atoms with E-state index in [0.717, 1.165) is 54.7 Å². The first kappa shape index (κ1) is 16.8. The number of rotatable bonds is 5. The van der Waals surface area contributed by atoms with Gasteiger partial charge in [-0.2, -0.15) is 0 Å². The van der Waals surface area contributed by atoms with Gasteiger partial charge in [-0.25, -0.2) is 9.50 Å². The molecule has 7 heteroatoms. The smallest absolute Gasteiger partial charge is 0.231 e. The molecule has 1 amide bonds. The number of imidazole rings is 1. The predicted molar refractivity (Wildman–Crippen MR) is 101 cm³/mol. The minimum Gasteiger partial charge on any atom is -0.480 e. The minimum absolute atomic E-state index is 0.215. The summed E-state index contributed by atoms with van der Waals surface area (Å²) in [5.74, 6) is 0.520. The monoisotopic (exact) mass is 370 g/mol. The predicted octanol–water partition coefficient (Wildman–Crippen LogP) is 3.96. The SMILES string of the molecule is COc1ccc2nc(-c3ccc(Cl)c(N(C=O)C4CCCC4)c3)cn2n1. The van der Waals surface area contributed by atoms with Crippen molar-refractivity contribution in [3.05, 3.63) is 41.6 Å². The Morgan fingerprint density at radius 1 is 1.27 bits per heavy atom. The third-order valence-corrected chi connectivity index (χ3v) is 5.18. The molecular formula is C19H19ClN4O2. The Morgan fingerprint density at radius 2 is 2.08 bits per heavy atom. The average molecular weight is 371 g/mol. The van der Waals surface area contributed by atoms with E-state index in [1.54, 1.807) is 22.6 Å². The van der Waals surface area contributed by atoms with Gasteiger partial charge in [0.05, 0.1) is 29.7 Å².